The molecule has 1 aromatic heterocycles. The zero-order chi connectivity index (χ0) is 16.7. The summed E-state index contributed by atoms with van der Waals surface area (Å²) in [5.41, 5.74) is 0.909. The summed E-state index contributed by atoms with van der Waals surface area (Å²) in [4.78, 5) is 12.2. The molecule has 1 aromatic carbocycles. The van der Waals surface area contributed by atoms with E-state index < -0.39 is 0 Å². The smallest absolute Gasteiger partial charge is 0.233 e. The van der Waals surface area contributed by atoms with Crippen molar-refractivity contribution in [1.29, 1.82) is 0 Å². The molecule has 1 heterocycles. The number of carbonyl (C=O) groups excluding carboxylic acids is 1. The Morgan fingerprint density at radius 1 is 1.43 bits per heavy atom. The molecule has 2 aromatic rings. The van der Waals surface area contributed by atoms with Gasteiger partial charge in [0, 0.05) is 18.1 Å². The van der Waals surface area contributed by atoms with E-state index in [2.05, 4.69) is 27.8 Å². The molecule has 23 heavy (non-hydrogen) atoms. The van der Waals surface area contributed by atoms with Crippen LogP contribution in [-0.4, -0.2) is 31.4 Å². The van der Waals surface area contributed by atoms with Crippen molar-refractivity contribution >= 4 is 29.3 Å². The minimum atomic E-state index is -0.190. The van der Waals surface area contributed by atoms with E-state index in [1.807, 2.05) is 31.2 Å². The number of aryl methyl sites for hydroxylation is 1. The van der Waals surface area contributed by atoms with Crippen LogP contribution in [0.5, 0.6) is 0 Å². The molecule has 2 rings (SSSR count). The fourth-order valence-corrected chi connectivity index (χ4v) is 3.00. The van der Waals surface area contributed by atoms with Crippen molar-refractivity contribution in [2.75, 3.05) is 0 Å². The molecule has 8 heteroatoms. The minimum Gasteiger partial charge on any atom is -0.351 e. The lowest BCUT2D eigenvalue weighted by atomic mass is 10.2. The Balaban J connectivity index is 1.81. The molecule has 1 amide bonds. The molecule has 1 N–H and O–H groups in total. The van der Waals surface area contributed by atoms with Crippen molar-refractivity contribution in [2.45, 2.75) is 44.4 Å². The second kappa shape index (κ2) is 8.88. The summed E-state index contributed by atoms with van der Waals surface area (Å²) >= 11 is 7.59. The molecule has 0 aliphatic carbocycles. The SMILES string of the molecule is CCCn1nnnc1CS[C@@H](C)C(=O)NCc1ccccc1Cl. The van der Waals surface area contributed by atoms with Crippen LogP contribution in [-0.2, 0) is 23.6 Å². The molecule has 0 aliphatic heterocycles. The van der Waals surface area contributed by atoms with Gasteiger partial charge in [-0.1, -0.05) is 36.7 Å². The number of thioether (sulfide) groups is 1. The number of halogens is 1. The van der Waals surface area contributed by atoms with E-state index in [0.717, 1.165) is 24.4 Å². The molecule has 0 saturated carbocycles. The maximum atomic E-state index is 12.2. The average Bonchev–Trinajstić information content (AvgIpc) is 2.99. The molecule has 0 spiro atoms. The zero-order valence-electron chi connectivity index (χ0n) is 13.2. The number of hydrogen-bond acceptors (Lipinski definition) is 5. The van der Waals surface area contributed by atoms with Crippen LogP contribution in [0.1, 0.15) is 31.7 Å². The van der Waals surface area contributed by atoms with Gasteiger partial charge in [0.2, 0.25) is 5.91 Å². The number of benzene rings is 1. The van der Waals surface area contributed by atoms with Crippen molar-refractivity contribution in [2.24, 2.45) is 0 Å². The Morgan fingerprint density at radius 2 is 2.22 bits per heavy atom. The van der Waals surface area contributed by atoms with Crippen LogP contribution in [0.25, 0.3) is 0 Å². The van der Waals surface area contributed by atoms with Crippen LogP contribution in [0.15, 0.2) is 24.3 Å². The van der Waals surface area contributed by atoms with Crippen LogP contribution >= 0.6 is 23.4 Å². The lowest BCUT2D eigenvalue weighted by molar-refractivity contribution is -0.120. The highest BCUT2D eigenvalue weighted by Crippen LogP contribution is 2.17. The summed E-state index contributed by atoms with van der Waals surface area (Å²) in [6.45, 7) is 5.16. The molecular weight excluding hydrogens is 334 g/mol. The first-order valence-corrected chi connectivity index (χ1v) is 8.92. The number of aromatic nitrogens is 4. The Kier molecular flexibility index (Phi) is 6.85. The molecule has 0 fully saturated rings. The van der Waals surface area contributed by atoms with E-state index in [1.54, 1.807) is 4.68 Å². The Morgan fingerprint density at radius 3 is 2.96 bits per heavy atom. The lowest BCUT2D eigenvalue weighted by Crippen LogP contribution is -2.30. The molecule has 1 atom stereocenters. The summed E-state index contributed by atoms with van der Waals surface area (Å²) in [5, 5.41) is 15.0. The number of hydrogen-bond donors (Lipinski definition) is 1. The Labute approximate surface area is 145 Å². The third-order valence-corrected chi connectivity index (χ3v) is 4.79. The summed E-state index contributed by atoms with van der Waals surface area (Å²) in [6.07, 6.45) is 0.969. The molecule has 0 unspecified atom stereocenters. The monoisotopic (exact) mass is 353 g/mol. The van der Waals surface area contributed by atoms with E-state index in [4.69, 9.17) is 11.6 Å². The molecule has 124 valence electrons. The van der Waals surface area contributed by atoms with E-state index in [0.29, 0.717) is 17.3 Å². The van der Waals surface area contributed by atoms with E-state index in [1.165, 1.54) is 11.8 Å². The van der Waals surface area contributed by atoms with Gasteiger partial charge in [0.1, 0.15) is 0 Å². The van der Waals surface area contributed by atoms with Crippen molar-refractivity contribution in [1.82, 2.24) is 25.5 Å². The standard InChI is InChI=1S/C15H20ClN5OS/c1-3-8-21-14(18-19-20-21)10-23-11(2)15(22)17-9-12-6-4-5-7-13(12)16/h4-7,11H,3,8-10H2,1-2H3,(H,17,22)/t11-/m0/s1. The highest BCUT2D eigenvalue weighted by Gasteiger charge is 2.15. The minimum absolute atomic E-state index is 0.0237. The summed E-state index contributed by atoms with van der Waals surface area (Å²) < 4.78 is 1.78. The van der Waals surface area contributed by atoms with E-state index in [-0.39, 0.29) is 11.2 Å². The highest BCUT2D eigenvalue weighted by atomic mass is 35.5. The zero-order valence-corrected chi connectivity index (χ0v) is 14.8. The first-order valence-electron chi connectivity index (χ1n) is 7.49. The van der Waals surface area contributed by atoms with Gasteiger partial charge in [0.25, 0.3) is 0 Å². The second-order valence-corrected chi connectivity index (χ2v) is 6.82. The number of amides is 1. The van der Waals surface area contributed by atoms with E-state index in [9.17, 15) is 4.79 Å². The predicted molar refractivity (Wildman–Crippen MR) is 92.2 cm³/mol. The number of carbonyl (C=O) groups is 1. The maximum absolute atomic E-state index is 12.2. The van der Waals surface area contributed by atoms with Gasteiger partial charge >= 0.3 is 0 Å². The number of nitrogens with one attached hydrogen (secondary N) is 1. The van der Waals surface area contributed by atoms with Crippen LogP contribution in [0.3, 0.4) is 0 Å². The third-order valence-electron chi connectivity index (χ3n) is 3.28. The molecule has 0 bridgehead atoms. The summed E-state index contributed by atoms with van der Waals surface area (Å²) in [7, 11) is 0. The largest absolute Gasteiger partial charge is 0.351 e. The number of tetrazole rings is 1. The van der Waals surface area contributed by atoms with Crippen molar-refractivity contribution in [3.05, 3.63) is 40.7 Å². The van der Waals surface area contributed by atoms with Gasteiger partial charge in [-0.25, -0.2) is 4.68 Å². The second-order valence-electron chi connectivity index (χ2n) is 5.08. The van der Waals surface area contributed by atoms with Crippen molar-refractivity contribution in [3.8, 4) is 0 Å². The van der Waals surface area contributed by atoms with Gasteiger partial charge in [0.05, 0.1) is 11.0 Å². The third kappa shape index (κ3) is 5.21. The quantitative estimate of drug-likeness (QED) is 0.789. The van der Waals surface area contributed by atoms with Crippen LogP contribution < -0.4 is 5.32 Å². The first kappa shape index (κ1) is 17.7. The topological polar surface area (TPSA) is 72.7 Å². The fourth-order valence-electron chi connectivity index (χ4n) is 1.96. The van der Waals surface area contributed by atoms with Crippen LogP contribution in [0.2, 0.25) is 5.02 Å². The van der Waals surface area contributed by atoms with Gasteiger partial charge in [-0.05, 0) is 35.4 Å². The molecule has 0 saturated heterocycles. The maximum Gasteiger partial charge on any atom is 0.233 e. The van der Waals surface area contributed by atoms with Gasteiger partial charge in [-0.15, -0.1) is 16.9 Å². The van der Waals surface area contributed by atoms with Crippen molar-refractivity contribution in [3.63, 3.8) is 0 Å². The number of rotatable bonds is 8. The summed E-state index contributed by atoms with van der Waals surface area (Å²) in [5.74, 6) is 1.38. The lowest BCUT2D eigenvalue weighted by Gasteiger charge is -2.12. The van der Waals surface area contributed by atoms with Gasteiger partial charge in [0.15, 0.2) is 5.82 Å². The Hall–Kier alpha value is -1.60. The predicted octanol–water partition coefficient (Wildman–Crippen LogP) is 2.67. The van der Waals surface area contributed by atoms with Gasteiger partial charge in [-0.2, -0.15) is 0 Å². The average molecular weight is 354 g/mol. The molecule has 0 aliphatic rings. The van der Waals surface area contributed by atoms with Gasteiger partial charge in [-0.3, -0.25) is 4.79 Å². The van der Waals surface area contributed by atoms with Gasteiger partial charge < -0.3 is 5.32 Å². The summed E-state index contributed by atoms with van der Waals surface area (Å²) in [6, 6.07) is 7.49. The van der Waals surface area contributed by atoms with Crippen LogP contribution in [0.4, 0.5) is 0 Å². The number of nitrogens with zero attached hydrogens (tertiary/aromatic N) is 4. The molecular formula is C15H20ClN5OS. The van der Waals surface area contributed by atoms with Crippen molar-refractivity contribution < 1.29 is 4.79 Å². The molecule has 0 radical (unpaired) electrons. The Bertz CT molecular complexity index is 648. The fraction of sp³-hybridized carbons (Fsp3) is 0.467. The molecule has 6 nitrogen and oxygen atoms in total. The first-order chi connectivity index (χ1) is 11.1. The van der Waals surface area contributed by atoms with E-state index >= 15 is 0 Å². The normalized spacial score (nSPS) is 12.1. The highest BCUT2D eigenvalue weighted by molar-refractivity contribution is 7.99. The van der Waals surface area contributed by atoms with Crippen LogP contribution in [0, 0.1) is 0 Å².